The van der Waals surface area contributed by atoms with Crippen molar-refractivity contribution in [3.05, 3.63) is 35.4 Å². The zero-order chi connectivity index (χ0) is 16.2. The normalized spacial score (nSPS) is 16.0. The molecule has 122 valence electrons. The average Bonchev–Trinajstić information content (AvgIpc) is 2.99. The summed E-state index contributed by atoms with van der Waals surface area (Å²) in [6.45, 7) is 6.50. The fraction of sp³-hybridized carbons (Fsp3) is 0.632. The van der Waals surface area contributed by atoms with Gasteiger partial charge in [-0.1, -0.05) is 25.0 Å². The zero-order valence-corrected chi connectivity index (χ0v) is 14.1. The van der Waals surface area contributed by atoms with Gasteiger partial charge in [-0.3, -0.25) is 4.79 Å². The Labute approximate surface area is 134 Å². The molecule has 1 aliphatic rings. The molecule has 0 aromatic heterocycles. The molecule has 1 amide bonds. The van der Waals surface area contributed by atoms with Gasteiger partial charge < -0.3 is 10.0 Å². The van der Waals surface area contributed by atoms with E-state index in [0.29, 0.717) is 6.04 Å². The summed E-state index contributed by atoms with van der Waals surface area (Å²) >= 11 is 0. The summed E-state index contributed by atoms with van der Waals surface area (Å²) in [6.07, 6.45) is 6.32. The first kappa shape index (κ1) is 17.0. The van der Waals surface area contributed by atoms with Crippen molar-refractivity contribution >= 4 is 5.91 Å². The first-order chi connectivity index (χ1) is 10.4. The summed E-state index contributed by atoms with van der Waals surface area (Å²) in [6, 6.07) is 8.31. The van der Waals surface area contributed by atoms with Gasteiger partial charge in [0.05, 0.1) is 5.60 Å². The summed E-state index contributed by atoms with van der Waals surface area (Å²) in [5, 5.41) is 9.79. The summed E-state index contributed by atoms with van der Waals surface area (Å²) < 4.78 is 0. The highest BCUT2D eigenvalue weighted by Gasteiger charge is 2.26. The molecule has 1 aromatic rings. The molecule has 3 heteroatoms. The summed E-state index contributed by atoms with van der Waals surface area (Å²) in [5.74, 6) is 0.156. The SMILES string of the molecule is CCN(C(=O)c1ccc(CCC(C)(C)O)cc1)C1CCCC1. The second-order valence-electron chi connectivity index (χ2n) is 7.04. The Bertz CT molecular complexity index is 481. The molecule has 22 heavy (non-hydrogen) atoms. The van der Waals surface area contributed by atoms with Crippen LogP contribution in [0.5, 0.6) is 0 Å². The van der Waals surface area contributed by atoms with Crippen LogP contribution in [0.3, 0.4) is 0 Å². The highest BCUT2D eigenvalue weighted by molar-refractivity contribution is 5.94. The van der Waals surface area contributed by atoms with E-state index in [4.69, 9.17) is 0 Å². The predicted octanol–water partition coefficient (Wildman–Crippen LogP) is 3.79. The fourth-order valence-corrected chi connectivity index (χ4v) is 3.21. The van der Waals surface area contributed by atoms with Crippen LogP contribution in [0.15, 0.2) is 24.3 Å². The molecule has 0 heterocycles. The van der Waals surface area contributed by atoms with E-state index in [0.717, 1.165) is 37.8 Å². The fourth-order valence-electron chi connectivity index (χ4n) is 3.21. The topological polar surface area (TPSA) is 40.5 Å². The number of benzene rings is 1. The van der Waals surface area contributed by atoms with Crippen molar-refractivity contribution in [2.24, 2.45) is 0 Å². The van der Waals surface area contributed by atoms with Crippen LogP contribution in [-0.4, -0.2) is 34.1 Å². The maximum Gasteiger partial charge on any atom is 0.254 e. The lowest BCUT2D eigenvalue weighted by atomic mass is 9.98. The molecular formula is C19H29NO2. The van der Waals surface area contributed by atoms with Crippen LogP contribution in [0.1, 0.15) is 68.8 Å². The van der Waals surface area contributed by atoms with Gasteiger partial charge in [0.2, 0.25) is 0 Å². The minimum absolute atomic E-state index is 0.156. The van der Waals surface area contributed by atoms with Crippen molar-refractivity contribution in [3.63, 3.8) is 0 Å². The van der Waals surface area contributed by atoms with Crippen LogP contribution in [0.25, 0.3) is 0 Å². The summed E-state index contributed by atoms with van der Waals surface area (Å²) in [7, 11) is 0. The van der Waals surface area contributed by atoms with Gasteiger partial charge in [0, 0.05) is 18.2 Å². The number of amides is 1. The van der Waals surface area contributed by atoms with Crippen molar-refractivity contribution in [3.8, 4) is 0 Å². The van der Waals surface area contributed by atoms with Crippen molar-refractivity contribution in [1.82, 2.24) is 4.90 Å². The Kier molecular flexibility index (Phi) is 5.63. The quantitative estimate of drug-likeness (QED) is 0.868. The van der Waals surface area contributed by atoms with E-state index in [1.165, 1.54) is 18.4 Å². The number of rotatable bonds is 6. The van der Waals surface area contributed by atoms with E-state index in [-0.39, 0.29) is 5.91 Å². The maximum atomic E-state index is 12.7. The van der Waals surface area contributed by atoms with Gasteiger partial charge in [0.25, 0.3) is 5.91 Å². The standard InChI is InChI=1S/C19H29NO2/c1-4-20(17-7-5-6-8-17)18(21)16-11-9-15(10-12-16)13-14-19(2,3)22/h9-12,17,22H,4-8,13-14H2,1-3H3. The van der Waals surface area contributed by atoms with Gasteiger partial charge in [-0.2, -0.15) is 0 Å². The molecule has 1 fully saturated rings. The van der Waals surface area contributed by atoms with Gasteiger partial charge in [0.1, 0.15) is 0 Å². The average molecular weight is 303 g/mol. The van der Waals surface area contributed by atoms with Gasteiger partial charge in [-0.25, -0.2) is 0 Å². The number of aryl methyl sites for hydroxylation is 1. The Balaban J connectivity index is 2.00. The summed E-state index contributed by atoms with van der Waals surface area (Å²) in [5.41, 5.74) is 1.30. The molecule has 0 saturated heterocycles. The first-order valence-electron chi connectivity index (χ1n) is 8.53. The van der Waals surface area contributed by atoms with Gasteiger partial charge in [0.15, 0.2) is 0 Å². The van der Waals surface area contributed by atoms with Crippen LogP contribution in [0, 0.1) is 0 Å². The molecule has 1 N–H and O–H groups in total. The molecular weight excluding hydrogens is 274 g/mol. The molecule has 2 rings (SSSR count). The van der Waals surface area contributed by atoms with E-state index in [2.05, 4.69) is 6.92 Å². The number of carbonyl (C=O) groups excluding carboxylic acids is 1. The second-order valence-corrected chi connectivity index (χ2v) is 7.04. The summed E-state index contributed by atoms with van der Waals surface area (Å²) in [4.78, 5) is 14.7. The molecule has 1 aromatic carbocycles. The Morgan fingerprint density at radius 2 is 1.82 bits per heavy atom. The molecule has 0 radical (unpaired) electrons. The maximum absolute atomic E-state index is 12.7. The number of hydrogen-bond donors (Lipinski definition) is 1. The lowest BCUT2D eigenvalue weighted by Crippen LogP contribution is -2.38. The number of hydrogen-bond acceptors (Lipinski definition) is 2. The minimum atomic E-state index is -0.643. The monoisotopic (exact) mass is 303 g/mol. The van der Waals surface area contributed by atoms with Crippen molar-refractivity contribution in [1.29, 1.82) is 0 Å². The smallest absolute Gasteiger partial charge is 0.254 e. The van der Waals surface area contributed by atoms with Crippen LogP contribution in [0.2, 0.25) is 0 Å². The minimum Gasteiger partial charge on any atom is -0.390 e. The van der Waals surface area contributed by atoms with E-state index < -0.39 is 5.60 Å². The number of nitrogens with zero attached hydrogens (tertiary/aromatic N) is 1. The van der Waals surface area contributed by atoms with Crippen LogP contribution in [-0.2, 0) is 6.42 Å². The third kappa shape index (κ3) is 4.57. The number of aliphatic hydroxyl groups is 1. The van der Waals surface area contributed by atoms with E-state index in [1.807, 2.05) is 43.0 Å². The lowest BCUT2D eigenvalue weighted by molar-refractivity contribution is 0.0689. The van der Waals surface area contributed by atoms with Crippen LogP contribution < -0.4 is 0 Å². The van der Waals surface area contributed by atoms with Gasteiger partial charge in [-0.15, -0.1) is 0 Å². The highest BCUT2D eigenvalue weighted by atomic mass is 16.3. The molecule has 0 aliphatic heterocycles. The van der Waals surface area contributed by atoms with Crippen LogP contribution in [0.4, 0.5) is 0 Å². The van der Waals surface area contributed by atoms with Crippen LogP contribution >= 0.6 is 0 Å². The first-order valence-corrected chi connectivity index (χ1v) is 8.53. The highest BCUT2D eigenvalue weighted by Crippen LogP contribution is 2.25. The zero-order valence-electron chi connectivity index (χ0n) is 14.1. The lowest BCUT2D eigenvalue weighted by Gasteiger charge is -2.27. The van der Waals surface area contributed by atoms with Crippen molar-refractivity contribution in [2.45, 2.75) is 70.9 Å². The third-order valence-electron chi connectivity index (χ3n) is 4.59. The van der Waals surface area contributed by atoms with Gasteiger partial charge >= 0.3 is 0 Å². The largest absolute Gasteiger partial charge is 0.390 e. The molecule has 0 unspecified atom stereocenters. The molecule has 1 aliphatic carbocycles. The molecule has 0 bridgehead atoms. The Morgan fingerprint density at radius 3 is 2.32 bits per heavy atom. The predicted molar refractivity (Wildman–Crippen MR) is 90.0 cm³/mol. The Morgan fingerprint density at radius 1 is 1.23 bits per heavy atom. The molecule has 0 atom stereocenters. The van der Waals surface area contributed by atoms with Gasteiger partial charge in [-0.05, 0) is 64.2 Å². The second kappa shape index (κ2) is 7.28. The third-order valence-corrected chi connectivity index (χ3v) is 4.59. The van der Waals surface area contributed by atoms with Crippen molar-refractivity contribution in [2.75, 3.05) is 6.54 Å². The number of carbonyl (C=O) groups is 1. The Hall–Kier alpha value is -1.35. The van der Waals surface area contributed by atoms with E-state index >= 15 is 0 Å². The van der Waals surface area contributed by atoms with Crippen molar-refractivity contribution < 1.29 is 9.90 Å². The molecule has 1 saturated carbocycles. The molecule has 3 nitrogen and oxygen atoms in total. The molecule has 0 spiro atoms. The van der Waals surface area contributed by atoms with E-state index in [1.54, 1.807) is 0 Å². The van der Waals surface area contributed by atoms with E-state index in [9.17, 15) is 9.90 Å².